The number of benzene rings is 1. The van der Waals surface area contributed by atoms with Crippen molar-refractivity contribution in [2.24, 2.45) is 11.8 Å². The summed E-state index contributed by atoms with van der Waals surface area (Å²) in [6, 6.07) is 9.26. The molecule has 33 heavy (non-hydrogen) atoms. The zero-order valence-corrected chi connectivity index (χ0v) is 21.0. The Morgan fingerprint density at radius 1 is 1.12 bits per heavy atom. The number of anilines is 1. The third kappa shape index (κ3) is 5.15. The van der Waals surface area contributed by atoms with Gasteiger partial charge in [0.2, 0.25) is 11.8 Å². The van der Waals surface area contributed by atoms with Crippen LogP contribution < -0.4 is 10.2 Å². The van der Waals surface area contributed by atoms with E-state index in [1.807, 2.05) is 32.0 Å². The molecule has 1 aromatic heterocycles. The van der Waals surface area contributed by atoms with E-state index in [0.29, 0.717) is 29.8 Å². The van der Waals surface area contributed by atoms with E-state index in [1.165, 1.54) is 11.3 Å². The highest BCUT2D eigenvalue weighted by Gasteiger charge is 2.35. The molecule has 0 radical (unpaired) electrons. The number of nitrogens with one attached hydrogen (secondary N) is 1. The van der Waals surface area contributed by atoms with Gasteiger partial charge in [-0.15, -0.1) is 11.3 Å². The fraction of sp³-hybridized carbons (Fsp3) is 0.500. The molecule has 1 N–H and O–H groups in total. The van der Waals surface area contributed by atoms with Crippen LogP contribution in [0.15, 0.2) is 34.5 Å². The summed E-state index contributed by atoms with van der Waals surface area (Å²) in [6.07, 6.45) is 1.94. The minimum absolute atomic E-state index is 0.0567. The van der Waals surface area contributed by atoms with Gasteiger partial charge in [0.25, 0.3) is 10.0 Å². The van der Waals surface area contributed by atoms with E-state index < -0.39 is 15.9 Å². The number of carbonyl (C=O) groups excluding carboxylic acids is 2. The number of carbonyl (C=O) groups is 2. The molecule has 1 atom stereocenters. The van der Waals surface area contributed by atoms with Crippen molar-refractivity contribution in [2.75, 3.05) is 24.5 Å². The molecule has 2 aromatic rings. The number of aryl methyl sites for hydroxylation is 2. The Morgan fingerprint density at radius 3 is 2.55 bits per heavy atom. The minimum Gasteiger partial charge on any atom is -0.351 e. The number of hydrogen-bond donors (Lipinski definition) is 1. The Balaban J connectivity index is 1.34. The largest absolute Gasteiger partial charge is 0.351 e. The zero-order chi connectivity index (χ0) is 23.8. The van der Waals surface area contributed by atoms with Gasteiger partial charge in [-0.1, -0.05) is 13.0 Å². The first-order valence-electron chi connectivity index (χ1n) is 11.4. The molecule has 0 aliphatic carbocycles. The molecule has 1 aromatic carbocycles. The van der Waals surface area contributed by atoms with Crippen molar-refractivity contribution < 1.29 is 18.0 Å². The molecule has 2 saturated heterocycles. The highest BCUT2D eigenvalue weighted by Crippen LogP contribution is 2.29. The maximum Gasteiger partial charge on any atom is 0.252 e. The molecule has 2 aliphatic rings. The van der Waals surface area contributed by atoms with Crippen molar-refractivity contribution in [1.29, 1.82) is 0 Å². The first-order chi connectivity index (χ1) is 15.6. The predicted molar refractivity (Wildman–Crippen MR) is 130 cm³/mol. The van der Waals surface area contributed by atoms with Gasteiger partial charge in [0.05, 0.1) is 12.5 Å². The van der Waals surface area contributed by atoms with E-state index in [-0.39, 0.29) is 24.8 Å². The summed E-state index contributed by atoms with van der Waals surface area (Å²) in [5.74, 6) is -0.104. The van der Waals surface area contributed by atoms with Crippen LogP contribution in [0, 0.1) is 25.7 Å². The van der Waals surface area contributed by atoms with Crippen molar-refractivity contribution in [3.8, 4) is 0 Å². The standard InChI is InChI=1S/C24H31N3O4S2/c1-16-8-10-26(11-9-16)33(30,31)23-7-6-21(32-23)14-25-24(29)19-13-22(28)27(15-19)20-5-4-17(2)18(3)12-20/h4-7,12,16,19H,8-11,13-15H2,1-3H3,(H,25,29). The molecule has 7 nitrogen and oxygen atoms in total. The van der Waals surface area contributed by atoms with E-state index in [9.17, 15) is 18.0 Å². The molecule has 0 saturated carbocycles. The van der Waals surface area contributed by atoms with Gasteiger partial charge in [0.15, 0.2) is 0 Å². The van der Waals surface area contributed by atoms with Gasteiger partial charge in [-0.3, -0.25) is 9.59 Å². The molecular formula is C24H31N3O4S2. The minimum atomic E-state index is -3.48. The number of nitrogens with zero attached hydrogens (tertiary/aromatic N) is 2. The molecule has 4 rings (SSSR count). The first-order valence-corrected chi connectivity index (χ1v) is 13.6. The fourth-order valence-electron chi connectivity index (χ4n) is 4.29. The van der Waals surface area contributed by atoms with E-state index >= 15 is 0 Å². The lowest BCUT2D eigenvalue weighted by molar-refractivity contribution is -0.126. The number of thiophene rings is 1. The van der Waals surface area contributed by atoms with Gasteiger partial charge >= 0.3 is 0 Å². The maximum absolute atomic E-state index is 12.9. The average molecular weight is 490 g/mol. The van der Waals surface area contributed by atoms with E-state index in [4.69, 9.17) is 0 Å². The van der Waals surface area contributed by atoms with Crippen LogP contribution in [-0.2, 0) is 26.2 Å². The molecule has 3 heterocycles. The molecule has 2 fully saturated rings. The lowest BCUT2D eigenvalue weighted by atomic mass is 10.0. The topological polar surface area (TPSA) is 86.8 Å². The third-order valence-electron chi connectivity index (χ3n) is 6.71. The maximum atomic E-state index is 12.9. The molecule has 0 spiro atoms. The van der Waals surface area contributed by atoms with Crippen molar-refractivity contribution in [2.45, 2.75) is 50.8 Å². The number of hydrogen-bond acceptors (Lipinski definition) is 5. The molecule has 2 amide bonds. The van der Waals surface area contributed by atoms with Crippen LogP contribution >= 0.6 is 11.3 Å². The van der Waals surface area contributed by atoms with Crippen molar-refractivity contribution >= 4 is 38.9 Å². The van der Waals surface area contributed by atoms with Crippen LogP contribution in [0.25, 0.3) is 0 Å². The summed E-state index contributed by atoms with van der Waals surface area (Å²) in [4.78, 5) is 27.7. The second kappa shape index (κ2) is 9.56. The van der Waals surface area contributed by atoms with Crippen LogP contribution in [0.5, 0.6) is 0 Å². The van der Waals surface area contributed by atoms with Crippen molar-refractivity contribution in [1.82, 2.24) is 9.62 Å². The predicted octanol–water partition coefficient (Wildman–Crippen LogP) is 3.45. The SMILES string of the molecule is Cc1ccc(N2CC(C(=O)NCc3ccc(S(=O)(=O)N4CCC(C)CC4)s3)CC2=O)cc1C. The van der Waals surface area contributed by atoms with Crippen molar-refractivity contribution in [3.05, 3.63) is 46.3 Å². The Morgan fingerprint density at radius 2 is 1.85 bits per heavy atom. The quantitative estimate of drug-likeness (QED) is 0.673. The van der Waals surface area contributed by atoms with Crippen LogP contribution in [0.3, 0.4) is 0 Å². The van der Waals surface area contributed by atoms with Crippen LogP contribution in [0.4, 0.5) is 5.69 Å². The van der Waals surface area contributed by atoms with E-state index in [1.54, 1.807) is 21.3 Å². The van der Waals surface area contributed by atoms with Crippen molar-refractivity contribution in [3.63, 3.8) is 0 Å². The van der Waals surface area contributed by atoms with Gasteiger partial charge in [0.1, 0.15) is 4.21 Å². The zero-order valence-electron chi connectivity index (χ0n) is 19.3. The van der Waals surface area contributed by atoms with Crippen LogP contribution in [0.1, 0.15) is 42.2 Å². The summed E-state index contributed by atoms with van der Waals surface area (Å²) in [5.41, 5.74) is 3.08. The number of piperidine rings is 1. The molecule has 9 heteroatoms. The van der Waals surface area contributed by atoms with Gasteiger partial charge in [-0.05, 0) is 68.0 Å². The molecular weight excluding hydrogens is 458 g/mol. The van der Waals surface area contributed by atoms with E-state index in [2.05, 4.69) is 12.2 Å². The van der Waals surface area contributed by atoms with Gasteiger partial charge in [-0.25, -0.2) is 8.42 Å². The summed E-state index contributed by atoms with van der Waals surface area (Å²) < 4.78 is 27.7. The van der Waals surface area contributed by atoms with E-state index in [0.717, 1.165) is 34.5 Å². The highest BCUT2D eigenvalue weighted by atomic mass is 32.2. The summed E-state index contributed by atoms with van der Waals surface area (Å²) in [6.45, 7) is 7.89. The summed E-state index contributed by atoms with van der Waals surface area (Å²) in [7, 11) is -3.48. The van der Waals surface area contributed by atoms with Crippen LogP contribution in [-0.4, -0.2) is 44.2 Å². The Hall–Kier alpha value is -2.23. The Labute approximate surface area is 199 Å². The third-order valence-corrected chi connectivity index (χ3v) is 10.2. The monoisotopic (exact) mass is 489 g/mol. The molecule has 2 aliphatic heterocycles. The first kappa shape index (κ1) is 23.9. The van der Waals surface area contributed by atoms with Gasteiger partial charge in [-0.2, -0.15) is 4.31 Å². The lowest BCUT2D eigenvalue weighted by Gasteiger charge is -2.28. The number of rotatable bonds is 6. The normalized spacial score (nSPS) is 20.4. The molecule has 1 unspecified atom stereocenters. The molecule has 0 bridgehead atoms. The second-order valence-electron chi connectivity index (χ2n) is 9.20. The lowest BCUT2D eigenvalue weighted by Crippen LogP contribution is -2.37. The summed E-state index contributed by atoms with van der Waals surface area (Å²) in [5, 5.41) is 2.89. The highest BCUT2D eigenvalue weighted by molar-refractivity contribution is 7.91. The Bertz CT molecular complexity index is 1150. The number of sulfonamides is 1. The molecule has 178 valence electrons. The Kier molecular flexibility index (Phi) is 6.93. The van der Waals surface area contributed by atoms with Gasteiger partial charge < -0.3 is 10.2 Å². The van der Waals surface area contributed by atoms with Gasteiger partial charge in [0, 0.05) is 36.6 Å². The second-order valence-corrected chi connectivity index (χ2v) is 12.5. The smallest absolute Gasteiger partial charge is 0.252 e. The average Bonchev–Trinajstić information content (AvgIpc) is 3.42. The van der Waals surface area contributed by atoms with Crippen LogP contribution in [0.2, 0.25) is 0 Å². The number of amides is 2. The fourth-order valence-corrected chi connectivity index (χ4v) is 7.21. The summed E-state index contributed by atoms with van der Waals surface area (Å²) >= 11 is 1.20.